The van der Waals surface area contributed by atoms with Crippen LogP contribution in [0.5, 0.6) is 5.75 Å². The fourth-order valence-corrected chi connectivity index (χ4v) is 5.90. The number of aromatic nitrogens is 3. The van der Waals surface area contributed by atoms with Crippen LogP contribution in [0.25, 0.3) is 16.8 Å². The summed E-state index contributed by atoms with van der Waals surface area (Å²) < 4.78 is 26.1. The predicted octanol–water partition coefficient (Wildman–Crippen LogP) is 5.26. The highest BCUT2D eigenvalue weighted by Crippen LogP contribution is 2.32. The van der Waals surface area contributed by atoms with Crippen molar-refractivity contribution >= 4 is 29.0 Å². The summed E-state index contributed by atoms with van der Waals surface area (Å²) in [6, 6.07) is 23.2. The molecular weight excluding hydrogens is 561 g/mol. The predicted molar refractivity (Wildman–Crippen MR) is 163 cm³/mol. The zero-order valence-corrected chi connectivity index (χ0v) is 24.1. The number of morpholine rings is 1. The molecule has 7 rings (SSSR count). The molecule has 4 heterocycles. The van der Waals surface area contributed by atoms with Gasteiger partial charge in [0.15, 0.2) is 5.65 Å². The second-order valence-corrected chi connectivity index (χ2v) is 11.2. The molecule has 10 heteroatoms. The van der Waals surface area contributed by atoms with E-state index in [2.05, 4.69) is 15.4 Å². The monoisotopic (exact) mass is 591 g/mol. The van der Waals surface area contributed by atoms with E-state index in [1.165, 1.54) is 12.1 Å². The van der Waals surface area contributed by atoms with Gasteiger partial charge in [-0.3, -0.25) is 9.59 Å². The lowest BCUT2D eigenvalue weighted by Crippen LogP contribution is -2.41. The zero-order valence-electron chi connectivity index (χ0n) is 24.1. The van der Waals surface area contributed by atoms with Crippen LogP contribution >= 0.6 is 0 Å². The third kappa shape index (κ3) is 5.63. The van der Waals surface area contributed by atoms with Gasteiger partial charge < -0.3 is 19.7 Å². The smallest absolute Gasteiger partial charge is 0.254 e. The maximum atomic E-state index is 13.1. The zero-order chi connectivity index (χ0) is 30.2. The van der Waals surface area contributed by atoms with E-state index in [1.807, 2.05) is 47.5 Å². The second-order valence-electron chi connectivity index (χ2n) is 11.2. The minimum atomic E-state index is -0.312. The molecule has 44 heavy (non-hydrogen) atoms. The molecule has 9 nitrogen and oxygen atoms in total. The number of methoxy groups -OCH3 is 1. The maximum Gasteiger partial charge on any atom is 0.254 e. The van der Waals surface area contributed by atoms with Crippen LogP contribution in [0, 0.1) is 5.82 Å². The number of likely N-dealkylation sites (tertiary alicyclic amines) is 1. The first-order valence-corrected chi connectivity index (χ1v) is 14.5. The van der Waals surface area contributed by atoms with Crippen molar-refractivity contribution in [1.82, 2.24) is 19.5 Å². The Morgan fingerprint density at radius 3 is 2.39 bits per heavy atom. The lowest BCUT2D eigenvalue weighted by molar-refractivity contribution is -0.117. The first-order valence-electron chi connectivity index (χ1n) is 14.5. The average molecular weight is 592 g/mol. The lowest BCUT2D eigenvalue weighted by Gasteiger charge is -2.27. The molecule has 0 radical (unpaired) electrons. The van der Waals surface area contributed by atoms with E-state index in [0.29, 0.717) is 48.2 Å². The van der Waals surface area contributed by atoms with Crippen molar-refractivity contribution in [2.24, 2.45) is 0 Å². The third-order valence-corrected chi connectivity index (χ3v) is 8.19. The SMILES string of the molecule is COc1cc(C(=O)N2C[C@@H]3C[C@H]2CO3)ccc1Nc1nc2ccc(-c3ccc(CC(=O)Cc4ccc(F)cc4)cc3)cn2n1. The Morgan fingerprint density at radius 2 is 1.70 bits per heavy atom. The molecule has 1 amide bonds. The number of Topliss-reactive ketones (excluding diaryl/α,β-unsaturated/α-hetero) is 1. The van der Waals surface area contributed by atoms with Crippen LogP contribution in [0.3, 0.4) is 0 Å². The van der Waals surface area contributed by atoms with Gasteiger partial charge in [-0.05, 0) is 65.6 Å². The highest BCUT2D eigenvalue weighted by atomic mass is 19.1. The number of ketones is 1. The summed E-state index contributed by atoms with van der Waals surface area (Å²) >= 11 is 0. The van der Waals surface area contributed by atoms with Gasteiger partial charge in [0, 0.05) is 36.7 Å². The Hall–Kier alpha value is -5.09. The van der Waals surface area contributed by atoms with Crippen LogP contribution in [0.4, 0.5) is 16.0 Å². The van der Waals surface area contributed by atoms with Gasteiger partial charge in [0.25, 0.3) is 5.91 Å². The van der Waals surface area contributed by atoms with Gasteiger partial charge in [-0.2, -0.15) is 4.98 Å². The van der Waals surface area contributed by atoms with Crippen molar-refractivity contribution in [3.63, 3.8) is 0 Å². The molecule has 0 unspecified atom stereocenters. The van der Waals surface area contributed by atoms with E-state index in [0.717, 1.165) is 28.7 Å². The number of carbonyl (C=O) groups excluding carboxylic acids is 2. The van der Waals surface area contributed by atoms with Crippen LogP contribution in [0.1, 0.15) is 27.9 Å². The highest BCUT2D eigenvalue weighted by Gasteiger charge is 2.41. The van der Waals surface area contributed by atoms with E-state index < -0.39 is 0 Å². The molecule has 1 N–H and O–H groups in total. The summed E-state index contributed by atoms with van der Waals surface area (Å²) in [5.74, 6) is 0.650. The number of hydrogen-bond acceptors (Lipinski definition) is 7. The number of halogens is 1. The molecule has 0 spiro atoms. The van der Waals surface area contributed by atoms with Gasteiger partial charge in [0.1, 0.15) is 17.3 Å². The van der Waals surface area contributed by atoms with Crippen molar-refractivity contribution in [1.29, 1.82) is 0 Å². The van der Waals surface area contributed by atoms with Crippen LogP contribution in [-0.4, -0.2) is 63.6 Å². The number of carbonyl (C=O) groups is 2. The minimum Gasteiger partial charge on any atom is -0.495 e. The fraction of sp³-hybridized carbons (Fsp3) is 0.235. The van der Waals surface area contributed by atoms with Gasteiger partial charge in [0.05, 0.1) is 31.5 Å². The largest absolute Gasteiger partial charge is 0.495 e. The summed E-state index contributed by atoms with van der Waals surface area (Å²) in [4.78, 5) is 32.1. The molecule has 2 atom stereocenters. The first kappa shape index (κ1) is 27.7. The molecule has 2 fully saturated rings. The van der Waals surface area contributed by atoms with Gasteiger partial charge in [0.2, 0.25) is 5.95 Å². The van der Waals surface area contributed by atoms with Gasteiger partial charge in [-0.15, -0.1) is 5.10 Å². The molecule has 0 saturated carbocycles. The summed E-state index contributed by atoms with van der Waals surface area (Å²) in [5.41, 5.74) is 5.51. The molecular formula is C34H30FN5O4. The molecule has 5 aromatic rings. The number of amides is 1. The summed E-state index contributed by atoms with van der Waals surface area (Å²) in [6.07, 6.45) is 3.51. The Balaban J connectivity index is 1.02. The van der Waals surface area contributed by atoms with E-state index in [9.17, 15) is 14.0 Å². The van der Waals surface area contributed by atoms with Crippen molar-refractivity contribution in [2.75, 3.05) is 25.6 Å². The van der Waals surface area contributed by atoms with Crippen LogP contribution in [0.15, 0.2) is 85.1 Å². The second kappa shape index (κ2) is 11.5. The average Bonchev–Trinajstić information content (AvgIpc) is 3.78. The Kier molecular flexibility index (Phi) is 7.27. The highest BCUT2D eigenvalue weighted by molar-refractivity contribution is 5.96. The number of nitrogens with zero attached hydrogens (tertiary/aromatic N) is 4. The quantitative estimate of drug-likeness (QED) is 0.250. The lowest BCUT2D eigenvalue weighted by atomic mass is 10.0. The molecule has 0 aliphatic carbocycles. The maximum absolute atomic E-state index is 13.1. The van der Waals surface area contributed by atoms with E-state index in [-0.39, 0.29) is 36.1 Å². The number of hydrogen-bond donors (Lipinski definition) is 1. The Bertz CT molecular complexity index is 1850. The molecule has 222 valence electrons. The molecule has 2 saturated heterocycles. The van der Waals surface area contributed by atoms with Crippen molar-refractivity contribution in [2.45, 2.75) is 31.4 Å². The van der Waals surface area contributed by atoms with E-state index in [4.69, 9.17) is 9.47 Å². The number of pyridine rings is 1. The number of nitrogens with one attached hydrogen (secondary N) is 1. The van der Waals surface area contributed by atoms with Gasteiger partial charge >= 0.3 is 0 Å². The number of fused-ring (bicyclic) bond motifs is 3. The number of anilines is 2. The summed E-state index contributed by atoms with van der Waals surface area (Å²) in [5, 5.41) is 7.82. The number of benzene rings is 3. The van der Waals surface area contributed by atoms with Crippen LogP contribution < -0.4 is 10.1 Å². The molecule has 2 aliphatic heterocycles. The minimum absolute atomic E-state index is 0.0198. The number of rotatable bonds is 9. The molecule has 2 bridgehead atoms. The fourth-order valence-electron chi connectivity index (χ4n) is 5.90. The van der Waals surface area contributed by atoms with E-state index in [1.54, 1.807) is 42.0 Å². The normalized spacial score (nSPS) is 17.3. The van der Waals surface area contributed by atoms with Crippen molar-refractivity contribution in [3.8, 4) is 16.9 Å². The summed E-state index contributed by atoms with van der Waals surface area (Å²) in [7, 11) is 1.57. The Labute approximate surface area is 253 Å². The van der Waals surface area contributed by atoms with Gasteiger partial charge in [-0.1, -0.05) is 36.4 Å². The van der Waals surface area contributed by atoms with Gasteiger partial charge in [-0.25, -0.2) is 8.91 Å². The van der Waals surface area contributed by atoms with Crippen molar-refractivity contribution in [3.05, 3.63) is 108 Å². The molecule has 2 aromatic heterocycles. The van der Waals surface area contributed by atoms with Crippen LogP contribution in [-0.2, 0) is 22.4 Å². The van der Waals surface area contributed by atoms with E-state index >= 15 is 0 Å². The van der Waals surface area contributed by atoms with Crippen molar-refractivity contribution < 1.29 is 23.5 Å². The molecule has 2 aliphatic rings. The Morgan fingerprint density at radius 1 is 0.977 bits per heavy atom. The topological polar surface area (TPSA) is 98.1 Å². The molecule has 3 aromatic carbocycles. The first-order chi connectivity index (χ1) is 21.4. The van der Waals surface area contributed by atoms with Crippen LogP contribution in [0.2, 0.25) is 0 Å². The summed E-state index contributed by atoms with van der Waals surface area (Å²) in [6.45, 7) is 1.22. The third-order valence-electron chi connectivity index (χ3n) is 8.19. The standard InChI is InChI=1S/C34H30FN5O4/c1-43-31-16-24(33(42)39-19-29-17-27(39)20-44-29)8-12-30(31)36-34-37-32-13-9-25(18-40(32)38-34)23-6-2-21(3-7-23)14-28(41)15-22-4-10-26(35)11-5-22/h2-13,16,18,27,29H,14-15,17,19-20H2,1H3,(H,36,38)/t27-,29-/m0/s1. The number of ether oxygens (including phenoxy) is 2.